The predicted octanol–water partition coefficient (Wildman–Crippen LogP) is 3.29. The number of hydrogen-bond acceptors (Lipinski definition) is 4. The first kappa shape index (κ1) is 18.8. The SMILES string of the molecule is COc1ccc(C(C)=O)cc1CC(=O)NCCOc1ccc(Cl)cc1. The largest absolute Gasteiger partial charge is 0.496 e. The Morgan fingerprint density at radius 1 is 1.12 bits per heavy atom. The van der Waals surface area contributed by atoms with E-state index in [4.69, 9.17) is 21.1 Å². The Kier molecular flexibility index (Phi) is 6.83. The first-order valence-corrected chi connectivity index (χ1v) is 8.20. The molecule has 1 N–H and O–H groups in total. The second-order valence-corrected chi connectivity index (χ2v) is 5.85. The van der Waals surface area contributed by atoms with Crippen molar-refractivity contribution in [1.82, 2.24) is 5.32 Å². The number of nitrogens with one attached hydrogen (secondary N) is 1. The van der Waals surface area contributed by atoms with Crippen LogP contribution in [-0.4, -0.2) is 32.0 Å². The van der Waals surface area contributed by atoms with Crippen molar-refractivity contribution in [2.75, 3.05) is 20.3 Å². The van der Waals surface area contributed by atoms with Crippen LogP contribution in [0.25, 0.3) is 0 Å². The van der Waals surface area contributed by atoms with Gasteiger partial charge in [0.1, 0.15) is 18.1 Å². The molecule has 132 valence electrons. The molecule has 0 radical (unpaired) electrons. The third-order valence-corrected chi connectivity index (χ3v) is 3.80. The maximum Gasteiger partial charge on any atom is 0.224 e. The molecule has 0 heterocycles. The Morgan fingerprint density at radius 2 is 1.84 bits per heavy atom. The molecule has 0 aliphatic heterocycles. The van der Waals surface area contributed by atoms with E-state index in [9.17, 15) is 9.59 Å². The fraction of sp³-hybridized carbons (Fsp3) is 0.263. The molecule has 0 spiro atoms. The average molecular weight is 362 g/mol. The van der Waals surface area contributed by atoms with E-state index in [1.54, 1.807) is 42.5 Å². The lowest BCUT2D eigenvalue weighted by atomic mass is 10.0. The Balaban J connectivity index is 1.84. The van der Waals surface area contributed by atoms with E-state index in [1.165, 1.54) is 14.0 Å². The third-order valence-electron chi connectivity index (χ3n) is 3.54. The third kappa shape index (κ3) is 5.80. The molecule has 0 bridgehead atoms. The van der Waals surface area contributed by atoms with Crippen LogP contribution in [0.1, 0.15) is 22.8 Å². The Hall–Kier alpha value is -2.53. The highest BCUT2D eigenvalue weighted by molar-refractivity contribution is 6.30. The van der Waals surface area contributed by atoms with Gasteiger partial charge in [-0.3, -0.25) is 9.59 Å². The summed E-state index contributed by atoms with van der Waals surface area (Å²) in [5.74, 6) is 1.05. The van der Waals surface area contributed by atoms with Gasteiger partial charge in [-0.05, 0) is 49.4 Å². The van der Waals surface area contributed by atoms with E-state index in [0.29, 0.717) is 40.8 Å². The molecule has 2 aromatic carbocycles. The zero-order valence-electron chi connectivity index (χ0n) is 14.2. The lowest BCUT2D eigenvalue weighted by molar-refractivity contribution is -0.120. The minimum Gasteiger partial charge on any atom is -0.496 e. The molecular formula is C19H20ClNO4. The van der Waals surface area contributed by atoms with Crippen molar-refractivity contribution in [3.8, 4) is 11.5 Å². The molecule has 25 heavy (non-hydrogen) atoms. The minimum absolute atomic E-state index is 0.0549. The van der Waals surface area contributed by atoms with E-state index >= 15 is 0 Å². The number of halogens is 1. The molecule has 2 aromatic rings. The van der Waals surface area contributed by atoms with E-state index in [2.05, 4.69) is 5.32 Å². The lowest BCUT2D eigenvalue weighted by Crippen LogP contribution is -2.29. The van der Waals surface area contributed by atoms with Crippen molar-refractivity contribution >= 4 is 23.3 Å². The standard InChI is InChI=1S/C19H20ClNO4/c1-13(22)14-3-8-18(24-2)15(11-14)12-19(23)21-9-10-25-17-6-4-16(20)5-7-17/h3-8,11H,9-10,12H2,1-2H3,(H,21,23). The van der Waals surface area contributed by atoms with Gasteiger partial charge in [0, 0.05) is 16.1 Å². The number of ether oxygens (including phenoxy) is 2. The summed E-state index contributed by atoms with van der Waals surface area (Å²) in [7, 11) is 1.53. The molecule has 0 fully saturated rings. The Labute approximate surface area is 151 Å². The predicted molar refractivity (Wildman–Crippen MR) is 96.7 cm³/mol. The molecule has 5 nitrogen and oxygen atoms in total. The molecule has 0 saturated heterocycles. The van der Waals surface area contributed by atoms with Crippen molar-refractivity contribution in [1.29, 1.82) is 0 Å². The van der Waals surface area contributed by atoms with E-state index in [-0.39, 0.29) is 18.1 Å². The second kappa shape index (κ2) is 9.08. The summed E-state index contributed by atoms with van der Waals surface area (Å²) in [6.07, 6.45) is 0.130. The van der Waals surface area contributed by atoms with Crippen molar-refractivity contribution in [3.05, 3.63) is 58.6 Å². The van der Waals surface area contributed by atoms with Crippen molar-refractivity contribution in [2.24, 2.45) is 0 Å². The zero-order valence-corrected chi connectivity index (χ0v) is 14.9. The molecule has 0 aliphatic carbocycles. The van der Waals surface area contributed by atoms with Gasteiger partial charge < -0.3 is 14.8 Å². The summed E-state index contributed by atoms with van der Waals surface area (Å²) in [6, 6.07) is 12.1. The minimum atomic E-state index is -0.168. The van der Waals surface area contributed by atoms with E-state index < -0.39 is 0 Å². The first-order chi connectivity index (χ1) is 12.0. The molecular weight excluding hydrogens is 342 g/mol. The number of Topliss-reactive ketones (excluding diaryl/α,β-unsaturated/α-hetero) is 1. The number of ketones is 1. The van der Waals surface area contributed by atoms with Gasteiger partial charge in [0.05, 0.1) is 20.1 Å². The number of methoxy groups -OCH3 is 1. The van der Waals surface area contributed by atoms with Crippen LogP contribution in [-0.2, 0) is 11.2 Å². The first-order valence-electron chi connectivity index (χ1n) is 7.82. The second-order valence-electron chi connectivity index (χ2n) is 5.41. The summed E-state index contributed by atoms with van der Waals surface area (Å²) in [4.78, 5) is 23.6. The molecule has 6 heteroatoms. The van der Waals surface area contributed by atoms with Crippen molar-refractivity contribution in [3.63, 3.8) is 0 Å². The lowest BCUT2D eigenvalue weighted by Gasteiger charge is -2.11. The van der Waals surface area contributed by atoms with Gasteiger partial charge in [0.25, 0.3) is 0 Å². The fourth-order valence-electron chi connectivity index (χ4n) is 2.26. The summed E-state index contributed by atoms with van der Waals surface area (Å²) in [5, 5.41) is 3.42. The normalized spacial score (nSPS) is 10.2. The van der Waals surface area contributed by atoms with Gasteiger partial charge in [-0.2, -0.15) is 0 Å². The number of rotatable bonds is 8. The number of benzene rings is 2. The molecule has 0 saturated carbocycles. The van der Waals surface area contributed by atoms with Crippen LogP contribution in [0.2, 0.25) is 5.02 Å². The summed E-state index contributed by atoms with van der Waals surface area (Å²) >= 11 is 5.80. The van der Waals surface area contributed by atoms with Crippen LogP contribution in [0.3, 0.4) is 0 Å². The number of amides is 1. The van der Waals surface area contributed by atoms with Crippen molar-refractivity contribution < 1.29 is 19.1 Å². The molecule has 0 aliphatic rings. The van der Waals surface area contributed by atoms with Crippen LogP contribution in [0.5, 0.6) is 11.5 Å². The quantitative estimate of drug-likeness (QED) is 0.579. The van der Waals surface area contributed by atoms with Gasteiger partial charge in [0.15, 0.2) is 5.78 Å². The van der Waals surface area contributed by atoms with Gasteiger partial charge >= 0.3 is 0 Å². The van der Waals surface area contributed by atoms with Crippen molar-refractivity contribution in [2.45, 2.75) is 13.3 Å². The smallest absolute Gasteiger partial charge is 0.224 e. The van der Waals surface area contributed by atoms with Gasteiger partial charge in [-0.15, -0.1) is 0 Å². The maximum absolute atomic E-state index is 12.1. The van der Waals surface area contributed by atoms with Crippen LogP contribution in [0.4, 0.5) is 0 Å². The molecule has 0 unspecified atom stereocenters. The van der Waals surface area contributed by atoms with E-state index in [1.807, 2.05) is 0 Å². The molecule has 2 rings (SSSR count). The molecule has 1 amide bonds. The Morgan fingerprint density at radius 3 is 2.48 bits per heavy atom. The van der Waals surface area contributed by atoms with Gasteiger partial charge in [0.2, 0.25) is 5.91 Å². The summed E-state index contributed by atoms with van der Waals surface area (Å²) < 4.78 is 10.8. The summed E-state index contributed by atoms with van der Waals surface area (Å²) in [6.45, 7) is 2.20. The van der Waals surface area contributed by atoms with Crippen LogP contribution < -0.4 is 14.8 Å². The van der Waals surface area contributed by atoms with Crippen LogP contribution >= 0.6 is 11.6 Å². The van der Waals surface area contributed by atoms with E-state index in [0.717, 1.165) is 0 Å². The topological polar surface area (TPSA) is 64.6 Å². The molecule has 0 atom stereocenters. The van der Waals surface area contributed by atoms with Crippen LogP contribution in [0, 0.1) is 0 Å². The van der Waals surface area contributed by atoms with Crippen LogP contribution in [0.15, 0.2) is 42.5 Å². The Bertz CT molecular complexity index is 744. The average Bonchev–Trinajstić information content (AvgIpc) is 2.60. The fourth-order valence-corrected chi connectivity index (χ4v) is 2.39. The number of hydrogen-bond donors (Lipinski definition) is 1. The maximum atomic E-state index is 12.1. The van der Waals surface area contributed by atoms with Gasteiger partial charge in [-0.25, -0.2) is 0 Å². The van der Waals surface area contributed by atoms with Gasteiger partial charge in [-0.1, -0.05) is 11.6 Å². The zero-order chi connectivity index (χ0) is 18.2. The monoisotopic (exact) mass is 361 g/mol. The highest BCUT2D eigenvalue weighted by Crippen LogP contribution is 2.21. The number of carbonyl (C=O) groups excluding carboxylic acids is 2. The highest BCUT2D eigenvalue weighted by Gasteiger charge is 2.11. The number of carbonyl (C=O) groups is 2. The molecule has 0 aromatic heterocycles. The summed E-state index contributed by atoms with van der Waals surface area (Å²) in [5.41, 5.74) is 1.22. The highest BCUT2D eigenvalue weighted by atomic mass is 35.5.